The van der Waals surface area contributed by atoms with E-state index in [9.17, 15) is 18.4 Å². The Labute approximate surface area is 154 Å². The maximum Gasteiger partial charge on any atom is 0.228 e. The maximum atomic E-state index is 13.2. The number of hydrogen-bond acceptors (Lipinski definition) is 4. The van der Waals surface area contributed by atoms with E-state index < -0.39 is 29.4 Å². The number of methoxy groups -OCH3 is 2. The number of hydrogen-bond donors (Lipinski definition) is 2. The highest BCUT2D eigenvalue weighted by Crippen LogP contribution is 2.41. The van der Waals surface area contributed by atoms with Crippen molar-refractivity contribution in [1.29, 1.82) is 0 Å². The van der Waals surface area contributed by atoms with Gasteiger partial charge < -0.3 is 20.1 Å². The van der Waals surface area contributed by atoms with Gasteiger partial charge in [0.05, 0.1) is 31.7 Å². The van der Waals surface area contributed by atoms with Crippen LogP contribution in [-0.4, -0.2) is 26.0 Å². The molecule has 6 nitrogen and oxygen atoms in total. The van der Waals surface area contributed by atoms with E-state index in [1.54, 1.807) is 18.2 Å². The summed E-state index contributed by atoms with van der Waals surface area (Å²) < 4.78 is 36.5. The number of carbonyl (C=O) groups excluding carboxylic acids is 2. The number of amides is 2. The van der Waals surface area contributed by atoms with Crippen LogP contribution in [0.4, 0.5) is 20.2 Å². The molecule has 2 unspecified atom stereocenters. The molecule has 1 fully saturated rings. The first-order valence-electron chi connectivity index (χ1n) is 8.21. The molecule has 0 bridgehead atoms. The Morgan fingerprint density at radius 3 is 2.26 bits per heavy atom. The van der Waals surface area contributed by atoms with Gasteiger partial charge in [-0.25, -0.2) is 8.78 Å². The molecule has 3 rings (SSSR count). The fourth-order valence-electron chi connectivity index (χ4n) is 2.71. The van der Waals surface area contributed by atoms with Crippen molar-refractivity contribution in [3.63, 3.8) is 0 Å². The van der Waals surface area contributed by atoms with Gasteiger partial charge >= 0.3 is 0 Å². The minimum atomic E-state index is -1.05. The van der Waals surface area contributed by atoms with Crippen molar-refractivity contribution in [2.45, 2.75) is 6.42 Å². The lowest BCUT2D eigenvalue weighted by Crippen LogP contribution is -2.21. The highest BCUT2D eigenvalue weighted by atomic mass is 19.2. The van der Waals surface area contributed by atoms with Crippen molar-refractivity contribution in [3.05, 3.63) is 48.0 Å². The molecular formula is C19H18F2N2O4. The Bertz CT molecular complexity index is 888. The molecule has 8 heteroatoms. The molecule has 2 atom stereocenters. The Hall–Kier alpha value is -3.16. The molecule has 0 aliphatic heterocycles. The number of ether oxygens (including phenoxy) is 2. The third kappa shape index (κ3) is 4.16. The second-order valence-corrected chi connectivity index (χ2v) is 6.12. The number of benzene rings is 2. The molecule has 1 aliphatic carbocycles. The number of nitrogens with one attached hydrogen (secondary N) is 2. The summed E-state index contributed by atoms with van der Waals surface area (Å²) in [7, 11) is 2.99. The molecule has 1 saturated carbocycles. The molecule has 2 aromatic carbocycles. The quantitative estimate of drug-likeness (QED) is 0.812. The zero-order chi connectivity index (χ0) is 19.6. The van der Waals surface area contributed by atoms with Crippen molar-refractivity contribution in [3.8, 4) is 11.5 Å². The lowest BCUT2D eigenvalue weighted by Gasteiger charge is -2.11. The van der Waals surface area contributed by atoms with Gasteiger partial charge in [-0.15, -0.1) is 0 Å². The molecule has 142 valence electrons. The molecule has 1 aliphatic rings. The van der Waals surface area contributed by atoms with Crippen LogP contribution >= 0.6 is 0 Å². The number of rotatable bonds is 6. The summed E-state index contributed by atoms with van der Waals surface area (Å²) in [5.41, 5.74) is 0.608. The van der Waals surface area contributed by atoms with E-state index in [0.29, 0.717) is 23.6 Å². The molecule has 0 saturated heterocycles. The monoisotopic (exact) mass is 376 g/mol. The van der Waals surface area contributed by atoms with Crippen molar-refractivity contribution in [2.75, 3.05) is 24.9 Å². The van der Waals surface area contributed by atoms with Crippen LogP contribution in [-0.2, 0) is 9.59 Å². The molecule has 0 heterocycles. The third-order valence-corrected chi connectivity index (χ3v) is 4.32. The van der Waals surface area contributed by atoms with Crippen molar-refractivity contribution in [1.82, 2.24) is 0 Å². The molecule has 2 amide bonds. The van der Waals surface area contributed by atoms with E-state index in [1.807, 2.05) is 0 Å². The summed E-state index contributed by atoms with van der Waals surface area (Å²) in [4.78, 5) is 24.6. The minimum Gasteiger partial charge on any atom is -0.497 e. The van der Waals surface area contributed by atoms with Crippen LogP contribution in [0.3, 0.4) is 0 Å². The first-order valence-corrected chi connectivity index (χ1v) is 8.21. The summed E-state index contributed by atoms with van der Waals surface area (Å²) in [5, 5.41) is 5.22. The van der Waals surface area contributed by atoms with Gasteiger partial charge in [-0.3, -0.25) is 9.59 Å². The van der Waals surface area contributed by atoms with Crippen LogP contribution in [0.2, 0.25) is 0 Å². The standard InChI is InChI=1S/C19H18F2N2O4/c1-26-11-4-6-16(17(8-11)27-2)23-19(25)13-9-12(13)18(24)22-10-3-5-14(20)15(21)7-10/h3-8,12-13H,9H2,1-2H3,(H,22,24)(H,23,25). The zero-order valence-corrected chi connectivity index (χ0v) is 14.7. The van der Waals surface area contributed by atoms with Crippen LogP contribution in [0.25, 0.3) is 0 Å². The maximum absolute atomic E-state index is 13.2. The van der Waals surface area contributed by atoms with Gasteiger partial charge in [-0.1, -0.05) is 0 Å². The van der Waals surface area contributed by atoms with Gasteiger partial charge in [0.15, 0.2) is 11.6 Å². The summed E-state index contributed by atoms with van der Waals surface area (Å²) >= 11 is 0. The average Bonchev–Trinajstić information content (AvgIpc) is 3.46. The van der Waals surface area contributed by atoms with Gasteiger partial charge in [0.1, 0.15) is 11.5 Å². The van der Waals surface area contributed by atoms with Gasteiger partial charge in [-0.2, -0.15) is 0 Å². The van der Waals surface area contributed by atoms with Crippen LogP contribution in [0.15, 0.2) is 36.4 Å². The normalized spacial score (nSPS) is 17.8. The first-order chi connectivity index (χ1) is 12.9. The van der Waals surface area contributed by atoms with Gasteiger partial charge in [0.2, 0.25) is 11.8 Å². The van der Waals surface area contributed by atoms with E-state index >= 15 is 0 Å². The zero-order valence-electron chi connectivity index (χ0n) is 14.7. The second-order valence-electron chi connectivity index (χ2n) is 6.12. The topological polar surface area (TPSA) is 76.7 Å². The average molecular weight is 376 g/mol. The summed E-state index contributed by atoms with van der Waals surface area (Å²) in [5.74, 6) is -2.78. The van der Waals surface area contributed by atoms with Crippen molar-refractivity contribution < 1.29 is 27.8 Å². The molecule has 27 heavy (non-hydrogen) atoms. The van der Waals surface area contributed by atoms with E-state index in [4.69, 9.17) is 9.47 Å². The fraction of sp³-hybridized carbons (Fsp3) is 0.263. The SMILES string of the molecule is COc1ccc(NC(=O)C2CC2C(=O)Nc2ccc(F)c(F)c2)c(OC)c1. The highest BCUT2D eigenvalue weighted by Gasteiger charge is 2.48. The van der Waals surface area contributed by atoms with Crippen LogP contribution in [0.1, 0.15) is 6.42 Å². The predicted octanol–water partition coefficient (Wildman–Crippen LogP) is 3.20. The fourth-order valence-corrected chi connectivity index (χ4v) is 2.71. The lowest BCUT2D eigenvalue weighted by atomic mass is 10.2. The number of carbonyl (C=O) groups is 2. The Morgan fingerprint density at radius 2 is 1.63 bits per heavy atom. The molecular weight excluding hydrogens is 358 g/mol. The predicted molar refractivity (Wildman–Crippen MR) is 94.8 cm³/mol. The highest BCUT2D eigenvalue weighted by molar-refractivity contribution is 6.03. The van der Waals surface area contributed by atoms with Gasteiger partial charge in [0, 0.05) is 17.8 Å². The van der Waals surface area contributed by atoms with E-state index in [2.05, 4.69) is 10.6 Å². The van der Waals surface area contributed by atoms with E-state index in [0.717, 1.165) is 12.1 Å². The van der Waals surface area contributed by atoms with Crippen LogP contribution in [0.5, 0.6) is 11.5 Å². The number of anilines is 2. The lowest BCUT2D eigenvalue weighted by molar-refractivity contribution is -0.122. The second kappa shape index (κ2) is 7.61. The third-order valence-electron chi connectivity index (χ3n) is 4.32. The van der Waals surface area contributed by atoms with E-state index in [1.165, 1.54) is 20.3 Å². The minimum absolute atomic E-state index is 0.141. The first kappa shape index (κ1) is 18.6. The van der Waals surface area contributed by atoms with Gasteiger partial charge in [-0.05, 0) is 30.7 Å². The Morgan fingerprint density at radius 1 is 0.926 bits per heavy atom. The van der Waals surface area contributed by atoms with Crippen LogP contribution in [0, 0.1) is 23.5 Å². The Kier molecular flexibility index (Phi) is 5.25. The number of halogens is 2. The molecule has 2 N–H and O–H groups in total. The van der Waals surface area contributed by atoms with Gasteiger partial charge in [0.25, 0.3) is 0 Å². The molecule has 0 aromatic heterocycles. The molecule has 2 aromatic rings. The van der Waals surface area contributed by atoms with Crippen molar-refractivity contribution in [2.24, 2.45) is 11.8 Å². The Balaban J connectivity index is 1.60. The summed E-state index contributed by atoms with van der Waals surface area (Å²) in [6, 6.07) is 8.04. The molecule has 0 spiro atoms. The smallest absolute Gasteiger partial charge is 0.228 e. The van der Waals surface area contributed by atoms with Crippen LogP contribution < -0.4 is 20.1 Å². The van der Waals surface area contributed by atoms with E-state index in [-0.39, 0.29) is 11.6 Å². The summed E-state index contributed by atoms with van der Waals surface area (Å²) in [6.07, 6.45) is 0.375. The van der Waals surface area contributed by atoms with Crippen molar-refractivity contribution >= 4 is 23.2 Å². The molecule has 0 radical (unpaired) electrons. The summed E-state index contributed by atoms with van der Waals surface area (Å²) in [6.45, 7) is 0. The largest absolute Gasteiger partial charge is 0.497 e.